The minimum absolute atomic E-state index is 0.0145. The number of urea groups is 1. The molecule has 3 amide bonds. The molecule has 1 aliphatic rings. The van der Waals surface area contributed by atoms with Crippen LogP contribution in [-0.2, 0) is 9.59 Å². The number of hydrogen-bond acceptors (Lipinski definition) is 3. The van der Waals surface area contributed by atoms with E-state index in [0.29, 0.717) is 19.0 Å². The van der Waals surface area contributed by atoms with Crippen molar-refractivity contribution in [1.82, 2.24) is 10.2 Å². The van der Waals surface area contributed by atoms with E-state index in [1.807, 2.05) is 0 Å². The van der Waals surface area contributed by atoms with Crippen molar-refractivity contribution in [3.63, 3.8) is 0 Å². The number of hydrogen-bond donors (Lipinski definition) is 3. The molecule has 1 rings (SSSR count). The predicted molar refractivity (Wildman–Crippen MR) is 68.4 cm³/mol. The molecule has 0 unspecified atom stereocenters. The molecule has 0 aliphatic carbocycles. The number of piperidine rings is 1. The summed E-state index contributed by atoms with van der Waals surface area (Å²) < 4.78 is 0. The minimum Gasteiger partial charge on any atom is -0.480 e. The first-order chi connectivity index (χ1) is 8.90. The van der Waals surface area contributed by atoms with E-state index in [4.69, 9.17) is 10.8 Å². The summed E-state index contributed by atoms with van der Waals surface area (Å²) >= 11 is 0. The van der Waals surface area contributed by atoms with Gasteiger partial charge in [-0.25, -0.2) is 9.59 Å². The Morgan fingerprint density at radius 3 is 2.42 bits per heavy atom. The number of nitrogens with one attached hydrogen (secondary N) is 1. The Bertz CT molecular complexity index is 351. The van der Waals surface area contributed by atoms with Crippen LogP contribution in [0.5, 0.6) is 0 Å². The van der Waals surface area contributed by atoms with E-state index in [9.17, 15) is 14.4 Å². The number of nitrogens with zero attached hydrogens (tertiary/aromatic N) is 1. The summed E-state index contributed by atoms with van der Waals surface area (Å²) in [6.07, 6.45) is 1.80. The SMILES string of the molecule is CC1CCN(C(=O)N[C@@H](CCC(N)=O)C(=O)O)CC1. The van der Waals surface area contributed by atoms with Gasteiger partial charge in [-0.3, -0.25) is 4.79 Å². The van der Waals surface area contributed by atoms with Crippen molar-refractivity contribution in [2.45, 2.75) is 38.6 Å². The zero-order valence-corrected chi connectivity index (χ0v) is 11.1. The van der Waals surface area contributed by atoms with E-state index >= 15 is 0 Å². The largest absolute Gasteiger partial charge is 0.480 e. The van der Waals surface area contributed by atoms with E-state index in [2.05, 4.69) is 12.2 Å². The molecule has 108 valence electrons. The molecule has 1 fully saturated rings. The maximum Gasteiger partial charge on any atom is 0.326 e. The highest BCUT2D eigenvalue weighted by molar-refractivity contribution is 5.83. The molecule has 1 heterocycles. The molecule has 1 saturated heterocycles. The molecular formula is C12H21N3O4. The third-order valence-electron chi connectivity index (χ3n) is 3.35. The van der Waals surface area contributed by atoms with Crippen LogP contribution in [0.25, 0.3) is 0 Å². The van der Waals surface area contributed by atoms with Crippen LogP contribution in [0.15, 0.2) is 0 Å². The predicted octanol–water partition coefficient (Wildman–Crippen LogP) is 0.147. The molecule has 0 aromatic carbocycles. The van der Waals surface area contributed by atoms with Gasteiger partial charge in [0.25, 0.3) is 0 Å². The molecule has 0 saturated carbocycles. The molecule has 0 bridgehead atoms. The fraction of sp³-hybridized carbons (Fsp3) is 0.750. The average molecular weight is 271 g/mol. The Morgan fingerprint density at radius 2 is 1.95 bits per heavy atom. The van der Waals surface area contributed by atoms with Gasteiger partial charge in [-0.2, -0.15) is 0 Å². The van der Waals surface area contributed by atoms with Gasteiger partial charge >= 0.3 is 12.0 Å². The summed E-state index contributed by atoms with van der Waals surface area (Å²) in [5, 5.41) is 11.4. The maximum absolute atomic E-state index is 11.9. The van der Waals surface area contributed by atoms with Crippen molar-refractivity contribution in [2.24, 2.45) is 11.7 Å². The average Bonchev–Trinajstić information content (AvgIpc) is 2.34. The van der Waals surface area contributed by atoms with E-state index in [0.717, 1.165) is 12.8 Å². The number of primary amides is 1. The summed E-state index contributed by atoms with van der Waals surface area (Å²) in [7, 11) is 0. The standard InChI is InChI=1S/C12H21N3O4/c1-8-4-6-15(7-5-8)12(19)14-9(11(17)18)2-3-10(13)16/h8-9H,2-7H2,1H3,(H2,13,16)(H,14,19)(H,17,18)/t9-/m0/s1. The Kier molecular flexibility index (Phi) is 5.59. The monoisotopic (exact) mass is 271 g/mol. The first-order valence-electron chi connectivity index (χ1n) is 6.46. The van der Waals surface area contributed by atoms with Gasteiger partial charge in [-0.05, 0) is 25.2 Å². The van der Waals surface area contributed by atoms with Gasteiger partial charge in [-0.1, -0.05) is 6.92 Å². The molecule has 4 N–H and O–H groups in total. The first-order valence-corrected chi connectivity index (χ1v) is 6.46. The van der Waals surface area contributed by atoms with Crippen LogP contribution in [0.2, 0.25) is 0 Å². The van der Waals surface area contributed by atoms with Crippen molar-refractivity contribution < 1.29 is 19.5 Å². The lowest BCUT2D eigenvalue weighted by atomic mass is 9.99. The lowest BCUT2D eigenvalue weighted by molar-refractivity contribution is -0.139. The second-order valence-electron chi connectivity index (χ2n) is 5.01. The smallest absolute Gasteiger partial charge is 0.326 e. The van der Waals surface area contributed by atoms with Crippen LogP contribution >= 0.6 is 0 Å². The normalized spacial score (nSPS) is 17.8. The van der Waals surface area contributed by atoms with E-state index < -0.39 is 17.9 Å². The van der Waals surface area contributed by atoms with Crippen molar-refractivity contribution >= 4 is 17.9 Å². The van der Waals surface area contributed by atoms with Gasteiger partial charge in [0.05, 0.1) is 0 Å². The van der Waals surface area contributed by atoms with Crippen LogP contribution in [0.3, 0.4) is 0 Å². The number of rotatable bonds is 5. The Balaban J connectivity index is 2.46. The molecule has 0 spiro atoms. The molecule has 0 aromatic rings. The summed E-state index contributed by atoms with van der Waals surface area (Å²) in [5.74, 6) is -1.14. The lowest BCUT2D eigenvalue weighted by Gasteiger charge is -2.31. The minimum atomic E-state index is -1.15. The van der Waals surface area contributed by atoms with Gasteiger partial charge in [0, 0.05) is 19.5 Å². The fourth-order valence-electron chi connectivity index (χ4n) is 2.00. The molecule has 1 atom stereocenters. The van der Waals surface area contributed by atoms with Crippen molar-refractivity contribution in [1.29, 1.82) is 0 Å². The zero-order valence-electron chi connectivity index (χ0n) is 11.1. The number of aliphatic carboxylic acids is 1. The van der Waals surface area contributed by atoms with Gasteiger partial charge in [0.2, 0.25) is 5.91 Å². The molecule has 7 nitrogen and oxygen atoms in total. The molecule has 19 heavy (non-hydrogen) atoms. The highest BCUT2D eigenvalue weighted by Crippen LogP contribution is 2.16. The van der Waals surface area contributed by atoms with Crippen molar-refractivity contribution in [3.05, 3.63) is 0 Å². The zero-order chi connectivity index (χ0) is 14.4. The van der Waals surface area contributed by atoms with Crippen LogP contribution < -0.4 is 11.1 Å². The Labute approximate surface area is 112 Å². The molecule has 7 heteroatoms. The van der Waals surface area contributed by atoms with Gasteiger partial charge < -0.3 is 21.1 Å². The number of carbonyl (C=O) groups is 3. The van der Waals surface area contributed by atoms with E-state index in [-0.39, 0.29) is 18.9 Å². The molecular weight excluding hydrogens is 250 g/mol. The van der Waals surface area contributed by atoms with Crippen molar-refractivity contribution in [3.8, 4) is 0 Å². The number of amides is 3. The van der Waals surface area contributed by atoms with Crippen LogP contribution in [-0.4, -0.2) is 47.0 Å². The quantitative estimate of drug-likeness (QED) is 0.660. The van der Waals surface area contributed by atoms with Crippen LogP contribution in [0, 0.1) is 5.92 Å². The second-order valence-corrected chi connectivity index (χ2v) is 5.01. The summed E-state index contributed by atoms with van der Waals surface area (Å²) in [6.45, 7) is 3.40. The third kappa shape index (κ3) is 5.15. The van der Waals surface area contributed by atoms with Gasteiger partial charge in [0.15, 0.2) is 0 Å². The highest BCUT2D eigenvalue weighted by atomic mass is 16.4. The Morgan fingerprint density at radius 1 is 1.37 bits per heavy atom. The van der Waals surface area contributed by atoms with E-state index in [1.54, 1.807) is 4.90 Å². The summed E-state index contributed by atoms with van der Waals surface area (Å²) in [4.78, 5) is 35.2. The van der Waals surface area contributed by atoms with E-state index in [1.165, 1.54) is 0 Å². The maximum atomic E-state index is 11.9. The van der Waals surface area contributed by atoms with Crippen molar-refractivity contribution in [2.75, 3.05) is 13.1 Å². The molecule has 0 radical (unpaired) electrons. The van der Waals surface area contributed by atoms with Crippen LogP contribution in [0.4, 0.5) is 4.79 Å². The summed E-state index contributed by atoms with van der Waals surface area (Å²) in [6, 6.07) is -1.46. The highest BCUT2D eigenvalue weighted by Gasteiger charge is 2.25. The fourth-order valence-corrected chi connectivity index (χ4v) is 2.00. The van der Waals surface area contributed by atoms with Gasteiger partial charge in [-0.15, -0.1) is 0 Å². The molecule has 0 aromatic heterocycles. The third-order valence-corrected chi connectivity index (χ3v) is 3.35. The lowest BCUT2D eigenvalue weighted by Crippen LogP contribution is -2.50. The summed E-state index contributed by atoms with van der Waals surface area (Å²) in [5.41, 5.74) is 4.97. The van der Waals surface area contributed by atoms with Crippen LogP contribution in [0.1, 0.15) is 32.6 Å². The van der Waals surface area contributed by atoms with Gasteiger partial charge in [0.1, 0.15) is 6.04 Å². The number of likely N-dealkylation sites (tertiary alicyclic amines) is 1. The number of carbonyl (C=O) groups excluding carboxylic acids is 2. The number of carboxylic acids is 1. The number of carboxylic acid groups (broad SMARTS) is 1. The molecule has 1 aliphatic heterocycles. The first kappa shape index (κ1) is 15.3. The number of nitrogens with two attached hydrogens (primary N) is 1. The Hall–Kier alpha value is -1.79. The topological polar surface area (TPSA) is 113 Å². The second kappa shape index (κ2) is 6.96.